The van der Waals surface area contributed by atoms with Crippen LogP contribution in [0.1, 0.15) is 52.9 Å². The number of nitrogens with one attached hydrogen (secondary N) is 2. The molecule has 0 spiro atoms. The molecule has 0 aliphatic heterocycles. The first-order valence-corrected chi connectivity index (χ1v) is 8.71. The van der Waals surface area contributed by atoms with E-state index in [1.54, 1.807) is 24.3 Å². The standard InChI is InChI=1S/C17H22N4O2S/c1-10(2)9-14-20-21-17(24-14)16(23)19-13-7-5-12(6-8-13)15(22)18-11(3)4/h5-8,10-11H,9H2,1-4H3,(H,18,22)(H,19,23). The van der Waals surface area contributed by atoms with Crippen molar-refractivity contribution < 1.29 is 9.59 Å². The van der Waals surface area contributed by atoms with E-state index in [1.807, 2.05) is 13.8 Å². The minimum atomic E-state index is -0.290. The van der Waals surface area contributed by atoms with Crippen molar-refractivity contribution in [3.63, 3.8) is 0 Å². The second kappa shape index (κ2) is 8.01. The van der Waals surface area contributed by atoms with Gasteiger partial charge >= 0.3 is 0 Å². The smallest absolute Gasteiger partial charge is 0.286 e. The van der Waals surface area contributed by atoms with Crippen molar-refractivity contribution >= 4 is 28.8 Å². The van der Waals surface area contributed by atoms with Crippen molar-refractivity contribution in [2.75, 3.05) is 5.32 Å². The zero-order chi connectivity index (χ0) is 17.7. The predicted molar refractivity (Wildman–Crippen MR) is 95.4 cm³/mol. The van der Waals surface area contributed by atoms with Crippen LogP contribution in [0.25, 0.3) is 0 Å². The second-order valence-corrected chi connectivity index (χ2v) is 7.32. The molecular formula is C17H22N4O2S. The first-order valence-electron chi connectivity index (χ1n) is 7.89. The van der Waals surface area contributed by atoms with Crippen molar-refractivity contribution in [1.82, 2.24) is 15.5 Å². The second-order valence-electron chi connectivity index (χ2n) is 6.26. The topological polar surface area (TPSA) is 84.0 Å². The van der Waals surface area contributed by atoms with Gasteiger partial charge < -0.3 is 10.6 Å². The maximum atomic E-state index is 12.2. The first kappa shape index (κ1) is 18.1. The van der Waals surface area contributed by atoms with Gasteiger partial charge in [-0.3, -0.25) is 9.59 Å². The molecule has 0 radical (unpaired) electrons. The molecule has 0 aliphatic rings. The number of benzene rings is 1. The third-order valence-corrected chi connectivity index (χ3v) is 4.01. The Morgan fingerprint density at radius 2 is 1.71 bits per heavy atom. The van der Waals surface area contributed by atoms with Gasteiger partial charge in [-0.1, -0.05) is 25.2 Å². The van der Waals surface area contributed by atoms with Crippen LogP contribution in [0.15, 0.2) is 24.3 Å². The zero-order valence-corrected chi connectivity index (χ0v) is 15.1. The van der Waals surface area contributed by atoms with E-state index in [1.165, 1.54) is 11.3 Å². The summed E-state index contributed by atoms with van der Waals surface area (Å²) in [5, 5.41) is 14.8. The highest BCUT2D eigenvalue weighted by atomic mass is 32.1. The van der Waals surface area contributed by atoms with Gasteiger partial charge in [0.2, 0.25) is 5.01 Å². The summed E-state index contributed by atoms with van der Waals surface area (Å²) in [7, 11) is 0. The number of hydrogen-bond donors (Lipinski definition) is 2. The molecule has 0 bridgehead atoms. The quantitative estimate of drug-likeness (QED) is 0.842. The maximum Gasteiger partial charge on any atom is 0.286 e. The number of nitrogens with zero attached hydrogens (tertiary/aromatic N) is 2. The summed E-state index contributed by atoms with van der Waals surface area (Å²) in [6, 6.07) is 6.83. The van der Waals surface area contributed by atoms with Crippen molar-refractivity contribution in [1.29, 1.82) is 0 Å². The fourth-order valence-corrected chi connectivity index (χ4v) is 2.96. The molecule has 0 unspecified atom stereocenters. The zero-order valence-electron chi connectivity index (χ0n) is 14.3. The highest BCUT2D eigenvalue weighted by molar-refractivity contribution is 7.13. The Morgan fingerprint density at radius 1 is 1.04 bits per heavy atom. The number of amides is 2. The van der Waals surface area contributed by atoms with Crippen molar-refractivity contribution in [2.24, 2.45) is 5.92 Å². The number of aromatic nitrogens is 2. The molecular weight excluding hydrogens is 324 g/mol. The van der Waals surface area contributed by atoms with E-state index in [9.17, 15) is 9.59 Å². The summed E-state index contributed by atoms with van der Waals surface area (Å²) in [5.41, 5.74) is 1.17. The molecule has 2 aromatic rings. The van der Waals surface area contributed by atoms with Gasteiger partial charge in [-0.25, -0.2) is 0 Å². The van der Waals surface area contributed by atoms with Crippen LogP contribution in [0.5, 0.6) is 0 Å². The molecule has 0 aliphatic carbocycles. The van der Waals surface area contributed by atoms with E-state index in [0.29, 0.717) is 22.2 Å². The summed E-state index contributed by atoms with van der Waals surface area (Å²) in [6.07, 6.45) is 0.810. The van der Waals surface area contributed by atoms with Crippen LogP contribution in [-0.4, -0.2) is 28.1 Å². The van der Waals surface area contributed by atoms with Crippen molar-refractivity contribution in [2.45, 2.75) is 40.2 Å². The Hall–Kier alpha value is -2.28. The summed E-state index contributed by atoms with van der Waals surface area (Å²) < 4.78 is 0. The van der Waals surface area contributed by atoms with Gasteiger partial charge in [0.05, 0.1) is 0 Å². The van der Waals surface area contributed by atoms with Crippen LogP contribution in [-0.2, 0) is 6.42 Å². The SMILES string of the molecule is CC(C)Cc1nnc(C(=O)Nc2ccc(C(=O)NC(C)C)cc2)s1. The summed E-state index contributed by atoms with van der Waals surface area (Å²) in [5.74, 6) is 0.0469. The molecule has 0 atom stereocenters. The molecule has 2 N–H and O–H groups in total. The molecule has 1 heterocycles. The van der Waals surface area contributed by atoms with Crippen molar-refractivity contribution in [3.8, 4) is 0 Å². The number of rotatable bonds is 6. The fraction of sp³-hybridized carbons (Fsp3) is 0.412. The lowest BCUT2D eigenvalue weighted by molar-refractivity contribution is 0.0942. The van der Waals surface area contributed by atoms with Crippen LogP contribution in [0.4, 0.5) is 5.69 Å². The molecule has 0 saturated carbocycles. The lowest BCUT2D eigenvalue weighted by Gasteiger charge is -2.09. The molecule has 24 heavy (non-hydrogen) atoms. The minimum absolute atomic E-state index is 0.0781. The third kappa shape index (κ3) is 5.13. The Bertz CT molecular complexity index is 708. The van der Waals surface area contributed by atoms with Gasteiger partial charge in [-0.15, -0.1) is 10.2 Å². The first-order chi connectivity index (χ1) is 11.3. The summed E-state index contributed by atoms with van der Waals surface area (Å²) >= 11 is 1.31. The number of hydrogen-bond acceptors (Lipinski definition) is 5. The number of carbonyl (C=O) groups is 2. The maximum absolute atomic E-state index is 12.2. The van der Waals surface area contributed by atoms with Crippen LogP contribution >= 0.6 is 11.3 Å². The van der Waals surface area contributed by atoms with Gasteiger partial charge in [0, 0.05) is 23.7 Å². The van der Waals surface area contributed by atoms with Crippen LogP contribution in [0, 0.1) is 5.92 Å². The highest BCUT2D eigenvalue weighted by Crippen LogP contribution is 2.16. The average Bonchev–Trinajstić information content (AvgIpc) is 2.95. The van der Waals surface area contributed by atoms with E-state index in [-0.39, 0.29) is 17.9 Å². The van der Waals surface area contributed by atoms with E-state index in [2.05, 4.69) is 34.7 Å². The van der Waals surface area contributed by atoms with E-state index < -0.39 is 0 Å². The van der Waals surface area contributed by atoms with E-state index >= 15 is 0 Å². The molecule has 1 aromatic carbocycles. The van der Waals surface area contributed by atoms with Crippen LogP contribution in [0.2, 0.25) is 0 Å². The average molecular weight is 346 g/mol. The van der Waals surface area contributed by atoms with Gasteiger partial charge in [-0.05, 0) is 44.0 Å². The molecule has 6 nitrogen and oxygen atoms in total. The largest absolute Gasteiger partial charge is 0.350 e. The minimum Gasteiger partial charge on any atom is -0.350 e. The Morgan fingerprint density at radius 3 is 2.29 bits per heavy atom. The fourth-order valence-electron chi connectivity index (χ4n) is 2.01. The van der Waals surface area contributed by atoms with E-state index in [0.717, 1.165) is 11.4 Å². The molecule has 0 fully saturated rings. The van der Waals surface area contributed by atoms with Gasteiger partial charge in [0.25, 0.3) is 11.8 Å². The third-order valence-electron chi connectivity index (χ3n) is 3.07. The number of anilines is 1. The van der Waals surface area contributed by atoms with Crippen LogP contribution in [0.3, 0.4) is 0 Å². The lowest BCUT2D eigenvalue weighted by Crippen LogP contribution is -2.30. The van der Waals surface area contributed by atoms with Gasteiger partial charge in [0.15, 0.2) is 0 Å². The van der Waals surface area contributed by atoms with E-state index in [4.69, 9.17) is 0 Å². The predicted octanol–water partition coefficient (Wildman–Crippen LogP) is 3.13. The van der Waals surface area contributed by atoms with Gasteiger partial charge in [0.1, 0.15) is 5.01 Å². The highest BCUT2D eigenvalue weighted by Gasteiger charge is 2.14. The summed E-state index contributed by atoms with van der Waals surface area (Å²) in [6.45, 7) is 8.00. The molecule has 0 saturated heterocycles. The Balaban J connectivity index is 1.99. The number of carbonyl (C=O) groups excluding carboxylic acids is 2. The van der Waals surface area contributed by atoms with Crippen molar-refractivity contribution in [3.05, 3.63) is 39.8 Å². The van der Waals surface area contributed by atoms with Gasteiger partial charge in [-0.2, -0.15) is 0 Å². The molecule has 128 valence electrons. The molecule has 2 amide bonds. The Labute approximate surface area is 145 Å². The Kier molecular flexibility index (Phi) is 6.03. The van der Waals surface area contributed by atoms with Crippen LogP contribution < -0.4 is 10.6 Å². The monoisotopic (exact) mass is 346 g/mol. The molecule has 1 aromatic heterocycles. The molecule has 2 rings (SSSR count). The normalized spacial score (nSPS) is 10.9. The summed E-state index contributed by atoms with van der Waals surface area (Å²) in [4.78, 5) is 24.1. The molecule has 7 heteroatoms. The lowest BCUT2D eigenvalue weighted by atomic mass is 10.1.